The van der Waals surface area contributed by atoms with E-state index in [1.165, 1.54) is 0 Å². The molecule has 1 saturated heterocycles. The number of ether oxygens (including phenoxy) is 2. The van der Waals surface area contributed by atoms with Crippen LogP contribution in [0.15, 0.2) is 0 Å². The van der Waals surface area contributed by atoms with E-state index in [1.54, 1.807) is 7.11 Å². The first-order chi connectivity index (χ1) is 8.47. The molecule has 1 rings (SSSR count). The lowest BCUT2D eigenvalue weighted by Crippen LogP contribution is -2.53. The van der Waals surface area contributed by atoms with Crippen LogP contribution in [-0.4, -0.2) is 44.5 Å². The van der Waals surface area contributed by atoms with E-state index in [4.69, 9.17) is 9.47 Å². The van der Waals surface area contributed by atoms with E-state index >= 15 is 0 Å². The van der Waals surface area contributed by atoms with Crippen LogP contribution in [0.4, 0.5) is 4.79 Å². The fourth-order valence-electron chi connectivity index (χ4n) is 2.06. The summed E-state index contributed by atoms with van der Waals surface area (Å²) in [5, 5.41) is 6.02. The Hall–Kier alpha value is -0.810. The van der Waals surface area contributed by atoms with Crippen molar-refractivity contribution in [1.29, 1.82) is 0 Å². The van der Waals surface area contributed by atoms with E-state index in [0.29, 0.717) is 25.7 Å². The van der Waals surface area contributed by atoms with Crippen molar-refractivity contribution in [3.05, 3.63) is 0 Å². The monoisotopic (exact) mass is 258 g/mol. The summed E-state index contributed by atoms with van der Waals surface area (Å²) in [5.74, 6) is 0.388. The van der Waals surface area contributed by atoms with Crippen LogP contribution in [0.2, 0.25) is 0 Å². The normalized spacial score (nSPS) is 25.2. The number of amides is 2. The van der Waals surface area contributed by atoms with E-state index in [9.17, 15) is 4.79 Å². The number of rotatable bonds is 6. The number of nitrogens with one attached hydrogen (secondary N) is 2. The van der Waals surface area contributed by atoms with Gasteiger partial charge in [0.25, 0.3) is 0 Å². The van der Waals surface area contributed by atoms with Gasteiger partial charge in [0.2, 0.25) is 0 Å². The van der Waals surface area contributed by atoms with Gasteiger partial charge in [0.05, 0.1) is 12.1 Å². The van der Waals surface area contributed by atoms with Crippen molar-refractivity contribution in [2.75, 3.05) is 26.9 Å². The number of hydrogen-bond acceptors (Lipinski definition) is 3. The number of methoxy groups -OCH3 is 1. The van der Waals surface area contributed by atoms with E-state index in [1.807, 2.05) is 6.92 Å². The molecular formula is C13H26N2O3. The fraction of sp³-hybridized carbons (Fsp3) is 0.923. The summed E-state index contributed by atoms with van der Waals surface area (Å²) in [6.45, 7) is 8.17. The molecule has 0 spiro atoms. The Labute approximate surface area is 110 Å². The number of urea groups is 1. The molecule has 0 radical (unpaired) electrons. The minimum atomic E-state index is -0.229. The zero-order chi connectivity index (χ0) is 13.6. The molecule has 2 amide bonds. The third-order valence-electron chi connectivity index (χ3n) is 3.39. The van der Waals surface area contributed by atoms with Gasteiger partial charge in [-0.15, -0.1) is 0 Å². The van der Waals surface area contributed by atoms with Crippen LogP contribution in [-0.2, 0) is 9.47 Å². The van der Waals surface area contributed by atoms with Crippen molar-refractivity contribution < 1.29 is 14.3 Å². The summed E-state index contributed by atoms with van der Waals surface area (Å²) in [6, 6.07) is 0.0219. The number of hydrogen-bond donors (Lipinski definition) is 2. The first-order valence-corrected chi connectivity index (χ1v) is 6.62. The minimum Gasteiger partial charge on any atom is -0.385 e. The summed E-state index contributed by atoms with van der Waals surface area (Å²) in [5.41, 5.74) is -0.229. The Morgan fingerprint density at radius 3 is 2.72 bits per heavy atom. The molecule has 0 aromatic heterocycles. The summed E-state index contributed by atoms with van der Waals surface area (Å²) >= 11 is 0. The number of carbonyl (C=O) groups excluding carboxylic acids is 1. The molecule has 1 heterocycles. The largest absolute Gasteiger partial charge is 0.385 e. The molecule has 0 aliphatic carbocycles. The summed E-state index contributed by atoms with van der Waals surface area (Å²) < 4.78 is 10.4. The molecule has 0 aromatic carbocycles. The Morgan fingerprint density at radius 2 is 2.22 bits per heavy atom. The summed E-state index contributed by atoms with van der Waals surface area (Å²) in [6.07, 6.45) is 1.69. The maximum Gasteiger partial charge on any atom is 0.315 e. The molecule has 1 fully saturated rings. The van der Waals surface area contributed by atoms with Gasteiger partial charge in [0, 0.05) is 26.4 Å². The van der Waals surface area contributed by atoms with Gasteiger partial charge in [-0.05, 0) is 25.7 Å². The maximum atomic E-state index is 12.0. The van der Waals surface area contributed by atoms with Gasteiger partial charge in [-0.2, -0.15) is 0 Å². The Bertz CT molecular complexity index is 263. The molecule has 2 atom stereocenters. The second kappa shape index (κ2) is 6.95. The molecule has 5 heteroatoms. The Kier molecular flexibility index (Phi) is 5.88. The molecular weight excluding hydrogens is 232 g/mol. The second-order valence-electron chi connectivity index (χ2n) is 5.59. The van der Waals surface area contributed by atoms with E-state index < -0.39 is 0 Å². The SMILES string of the molecule is COCC[C@H](NC(=O)N[C@]1(C)CCOC1)C(C)C. The van der Waals surface area contributed by atoms with Gasteiger partial charge >= 0.3 is 6.03 Å². The topological polar surface area (TPSA) is 59.6 Å². The molecule has 5 nitrogen and oxygen atoms in total. The third kappa shape index (κ3) is 4.82. The lowest BCUT2D eigenvalue weighted by atomic mass is 10.0. The lowest BCUT2D eigenvalue weighted by molar-refractivity contribution is 0.163. The Balaban J connectivity index is 2.40. The van der Waals surface area contributed by atoms with E-state index in [-0.39, 0.29) is 17.6 Å². The molecule has 1 aliphatic rings. The highest BCUT2D eigenvalue weighted by Crippen LogP contribution is 2.17. The number of carbonyl (C=O) groups is 1. The zero-order valence-electron chi connectivity index (χ0n) is 11.9. The predicted molar refractivity (Wildman–Crippen MR) is 70.6 cm³/mol. The van der Waals surface area contributed by atoms with Crippen molar-refractivity contribution in [2.45, 2.75) is 45.2 Å². The van der Waals surface area contributed by atoms with Crippen LogP contribution in [0.5, 0.6) is 0 Å². The molecule has 2 N–H and O–H groups in total. The molecule has 0 saturated carbocycles. The molecule has 0 aromatic rings. The smallest absolute Gasteiger partial charge is 0.315 e. The maximum absolute atomic E-state index is 12.0. The highest BCUT2D eigenvalue weighted by Gasteiger charge is 2.31. The zero-order valence-corrected chi connectivity index (χ0v) is 11.9. The predicted octanol–water partition coefficient (Wildman–Crippen LogP) is 1.53. The average Bonchev–Trinajstić information content (AvgIpc) is 2.70. The van der Waals surface area contributed by atoms with Gasteiger partial charge in [0.15, 0.2) is 0 Å². The molecule has 0 bridgehead atoms. The quantitative estimate of drug-likeness (QED) is 0.759. The minimum absolute atomic E-state index is 0.113. The first-order valence-electron chi connectivity index (χ1n) is 6.62. The van der Waals surface area contributed by atoms with Crippen LogP contribution in [0.25, 0.3) is 0 Å². The van der Waals surface area contributed by atoms with Crippen LogP contribution in [0.1, 0.15) is 33.6 Å². The van der Waals surface area contributed by atoms with Gasteiger partial charge in [-0.25, -0.2) is 4.79 Å². The van der Waals surface area contributed by atoms with Crippen LogP contribution < -0.4 is 10.6 Å². The fourth-order valence-corrected chi connectivity index (χ4v) is 2.06. The van der Waals surface area contributed by atoms with Crippen LogP contribution in [0, 0.1) is 5.92 Å². The van der Waals surface area contributed by atoms with Crippen LogP contribution in [0.3, 0.4) is 0 Å². The van der Waals surface area contributed by atoms with Gasteiger partial charge in [0.1, 0.15) is 0 Å². The van der Waals surface area contributed by atoms with E-state index in [2.05, 4.69) is 24.5 Å². The second-order valence-corrected chi connectivity index (χ2v) is 5.59. The van der Waals surface area contributed by atoms with Crippen molar-refractivity contribution in [2.24, 2.45) is 5.92 Å². The summed E-state index contributed by atoms with van der Waals surface area (Å²) in [4.78, 5) is 12.0. The van der Waals surface area contributed by atoms with Crippen LogP contribution >= 0.6 is 0 Å². The highest BCUT2D eigenvalue weighted by atomic mass is 16.5. The lowest BCUT2D eigenvalue weighted by Gasteiger charge is -2.27. The first kappa shape index (κ1) is 15.2. The molecule has 106 valence electrons. The van der Waals surface area contributed by atoms with Crippen molar-refractivity contribution in [3.8, 4) is 0 Å². The van der Waals surface area contributed by atoms with Gasteiger partial charge in [-0.1, -0.05) is 13.8 Å². The standard InChI is InChI=1S/C13H26N2O3/c1-10(2)11(5-7-17-4)14-12(16)15-13(3)6-8-18-9-13/h10-11H,5-9H2,1-4H3,(H2,14,15,16)/t11-,13+/m0/s1. The van der Waals surface area contributed by atoms with Gasteiger partial charge < -0.3 is 20.1 Å². The highest BCUT2D eigenvalue weighted by molar-refractivity contribution is 5.75. The van der Waals surface area contributed by atoms with Gasteiger partial charge in [-0.3, -0.25) is 0 Å². The van der Waals surface area contributed by atoms with Crippen molar-refractivity contribution in [3.63, 3.8) is 0 Å². The van der Waals surface area contributed by atoms with Crippen molar-refractivity contribution in [1.82, 2.24) is 10.6 Å². The summed E-state index contributed by atoms with van der Waals surface area (Å²) in [7, 11) is 1.67. The van der Waals surface area contributed by atoms with E-state index in [0.717, 1.165) is 12.8 Å². The molecule has 0 unspecified atom stereocenters. The molecule has 18 heavy (non-hydrogen) atoms. The molecule has 1 aliphatic heterocycles. The Morgan fingerprint density at radius 1 is 1.50 bits per heavy atom. The third-order valence-corrected chi connectivity index (χ3v) is 3.39. The average molecular weight is 258 g/mol. The van der Waals surface area contributed by atoms with Crippen molar-refractivity contribution >= 4 is 6.03 Å².